The van der Waals surface area contributed by atoms with Gasteiger partial charge < -0.3 is 15.1 Å². The molecule has 122 valence electrons. The largest absolute Gasteiger partial charge is 0.354 e. The maximum absolute atomic E-state index is 4.45. The zero-order chi connectivity index (χ0) is 16.2. The number of hydrogen-bond acceptors (Lipinski definition) is 5. The smallest absolute Gasteiger partial charge is 0.135 e. The topological polar surface area (TPSA) is 44.3 Å². The van der Waals surface area contributed by atoms with Gasteiger partial charge in [-0.1, -0.05) is 24.6 Å². The number of anilines is 3. The number of likely N-dealkylation sites (N-methyl/N-ethyl adjacent to an activating group) is 1. The molecule has 1 saturated heterocycles. The summed E-state index contributed by atoms with van der Waals surface area (Å²) in [5.41, 5.74) is 3.59. The van der Waals surface area contributed by atoms with Gasteiger partial charge in [-0.15, -0.1) is 0 Å². The van der Waals surface area contributed by atoms with Gasteiger partial charge in [0.25, 0.3) is 0 Å². The molecule has 1 fully saturated rings. The van der Waals surface area contributed by atoms with E-state index in [1.54, 1.807) is 6.33 Å². The van der Waals surface area contributed by atoms with Gasteiger partial charge in [0, 0.05) is 37.9 Å². The number of aromatic nitrogens is 2. The molecule has 0 amide bonds. The molecule has 2 heterocycles. The minimum absolute atomic E-state index is 0.847. The van der Waals surface area contributed by atoms with Gasteiger partial charge in [0.1, 0.15) is 18.0 Å². The van der Waals surface area contributed by atoms with Crippen LogP contribution in [0.1, 0.15) is 18.1 Å². The third-order valence-corrected chi connectivity index (χ3v) is 4.44. The van der Waals surface area contributed by atoms with Gasteiger partial charge in [-0.3, -0.25) is 0 Å². The Morgan fingerprint density at radius 3 is 2.52 bits per heavy atom. The first kappa shape index (κ1) is 15.7. The molecule has 0 radical (unpaired) electrons. The molecule has 1 aromatic heterocycles. The van der Waals surface area contributed by atoms with Gasteiger partial charge >= 0.3 is 0 Å². The van der Waals surface area contributed by atoms with Crippen molar-refractivity contribution in [3.8, 4) is 0 Å². The number of nitrogens with one attached hydrogen (secondary N) is 1. The number of benzene rings is 1. The standard InChI is InChI=1S/C18H25N5/c1-4-22-7-9-23(10-8-22)18-12-17(19-13-20-18)21-16-6-5-14(2)11-15(16)3/h5-6,11-13H,4,7-10H2,1-3H3,(H,19,20,21). The fourth-order valence-electron chi connectivity index (χ4n) is 2.97. The summed E-state index contributed by atoms with van der Waals surface area (Å²) >= 11 is 0. The van der Waals surface area contributed by atoms with Crippen LogP contribution < -0.4 is 10.2 Å². The van der Waals surface area contributed by atoms with E-state index in [0.717, 1.165) is 50.0 Å². The van der Waals surface area contributed by atoms with Crippen LogP contribution in [0.2, 0.25) is 0 Å². The summed E-state index contributed by atoms with van der Waals surface area (Å²) in [5.74, 6) is 1.85. The average molecular weight is 311 g/mol. The second-order valence-corrected chi connectivity index (χ2v) is 6.13. The highest BCUT2D eigenvalue weighted by Gasteiger charge is 2.17. The van der Waals surface area contributed by atoms with E-state index in [1.807, 2.05) is 6.07 Å². The summed E-state index contributed by atoms with van der Waals surface area (Å²) in [5, 5.41) is 3.41. The van der Waals surface area contributed by atoms with Gasteiger partial charge in [-0.05, 0) is 32.0 Å². The fraction of sp³-hybridized carbons (Fsp3) is 0.444. The van der Waals surface area contributed by atoms with Crippen molar-refractivity contribution >= 4 is 17.3 Å². The number of rotatable bonds is 4. The van der Waals surface area contributed by atoms with E-state index in [0.29, 0.717) is 0 Å². The molecule has 0 bridgehead atoms. The van der Waals surface area contributed by atoms with E-state index < -0.39 is 0 Å². The average Bonchev–Trinajstić information content (AvgIpc) is 2.58. The molecule has 0 unspecified atom stereocenters. The van der Waals surface area contributed by atoms with Crippen molar-refractivity contribution < 1.29 is 0 Å². The highest BCUT2D eigenvalue weighted by molar-refractivity contribution is 5.63. The second kappa shape index (κ2) is 6.96. The molecule has 0 atom stereocenters. The summed E-state index contributed by atoms with van der Waals surface area (Å²) in [6.07, 6.45) is 1.65. The Kier molecular flexibility index (Phi) is 4.76. The zero-order valence-corrected chi connectivity index (χ0v) is 14.2. The van der Waals surface area contributed by atoms with E-state index in [9.17, 15) is 0 Å². The van der Waals surface area contributed by atoms with Crippen molar-refractivity contribution in [2.24, 2.45) is 0 Å². The van der Waals surface area contributed by atoms with Crippen molar-refractivity contribution in [1.29, 1.82) is 0 Å². The van der Waals surface area contributed by atoms with E-state index in [2.05, 4.69) is 64.1 Å². The molecular formula is C18H25N5. The monoisotopic (exact) mass is 311 g/mol. The Labute approximate surface area is 138 Å². The summed E-state index contributed by atoms with van der Waals surface area (Å²) in [7, 11) is 0. The highest BCUT2D eigenvalue weighted by Crippen LogP contribution is 2.22. The van der Waals surface area contributed by atoms with Crippen LogP contribution in [0, 0.1) is 13.8 Å². The lowest BCUT2D eigenvalue weighted by atomic mass is 10.1. The molecule has 0 aliphatic carbocycles. The molecule has 1 N–H and O–H groups in total. The predicted octanol–water partition coefficient (Wildman–Crippen LogP) is 2.98. The van der Waals surface area contributed by atoms with Crippen LogP contribution in [0.25, 0.3) is 0 Å². The van der Waals surface area contributed by atoms with Crippen molar-refractivity contribution in [1.82, 2.24) is 14.9 Å². The van der Waals surface area contributed by atoms with E-state index in [-0.39, 0.29) is 0 Å². The molecular weight excluding hydrogens is 286 g/mol. The molecule has 1 aromatic carbocycles. The Morgan fingerprint density at radius 1 is 1.04 bits per heavy atom. The van der Waals surface area contributed by atoms with Crippen LogP contribution >= 0.6 is 0 Å². The van der Waals surface area contributed by atoms with E-state index in [4.69, 9.17) is 0 Å². The molecule has 5 nitrogen and oxygen atoms in total. The molecule has 23 heavy (non-hydrogen) atoms. The first-order valence-corrected chi connectivity index (χ1v) is 8.29. The number of aryl methyl sites for hydroxylation is 2. The Hall–Kier alpha value is -2.14. The third kappa shape index (κ3) is 3.79. The summed E-state index contributed by atoms with van der Waals surface area (Å²) in [6, 6.07) is 8.43. The Balaban J connectivity index is 1.72. The van der Waals surface area contributed by atoms with E-state index >= 15 is 0 Å². The SMILES string of the molecule is CCN1CCN(c2cc(Nc3ccc(C)cc3C)ncn2)CC1. The first-order valence-electron chi connectivity index (χ1n) is 8.29. The number of piperazine rings is 1. The minimum atomic E-state index is 0.847. The number of nitrogens with zero attached hydrogens (tertiary/aromatic N) is 4. The van der Waals surface area contributed by atoms with Crippen LogP contribution in [0.3, 0.4) is 0 Å². The van der Waals surface area contributed by atoms with Gasteiger partial charge in [0.15, 0.2) is 0 Å². The molecule has 1 aliphatic rings. The van der Waals surface area contributed by atoms with Crippen LogP contribution in [-0.2, 0) is 0 Å². The normalized spacial score (nSPS) is 15.7. The molecule has 2 aromatic rings. The van der Waals surface area contributed by atoms with Crippen LogP contribution in [0.4, 0.5) is 17.3 Å². The van der Waals surface area contributed by atoms with E-state index in [1.165, 1.54) is 11.1 Å². The molecule has 3 rings (SSSR count). The molecule has 1 aliphatic heterocycles. The number of hydrogen-bond donors (Lipinski definition) is 1. The summed E-state index contributed by atoms with van der Waals surface area (Å²) in [6.45, 7) is 11.8. The van der Waals surface area contributed by atoms with Crippen molar-refractivity contribution in [2.45, 2.75) is 20.8 Å². The van der Waals surface area contributed by atoms with Gasteiger partial charge in [0.05, 0.1) is 0 Å². The summed E-state index contributed by atoms with van der Waals surface area (Å²) < 4.78 is 0. The molecule has 5 heteroatoms. The van der Waals surface area contributed by atoms with Crippen LogP contribution in [-0.4, -0.2) is 47.6 Å². The van der Waals surface area contributed by atoms with Crippen LogP contribution in [0.15, 0.2) is 30.6 Å². The molecule has 0 spiro atoms. The second-order valence-electron chi connectivity index (χ2n) is 6.13. The lowest BCUT2D eigenvalue weighted by molar-refractivity contribution is 0.270. The zero-order valence-electron chi connectivity index (χ0n) is 14.2. The van der Waals surface area contributed by atoms with Crippen LogP contribution in [0.5, 0.6) is 0 Å². The molecule has 0 saturated carbocycles. The van der Waals surface area contributed by atoms with Crippen molar-refractivity contribution in [3.63, 3.8) is 0 Å². The van der Waals surface area contributed by atoms with Crippen molar-refractivity contribution in [2.75, 3.05) is 42.9 Å². The quantitative estimate of drug-likeness (QED) is 0.940. The van der Waals surface area contributed by atoms with Gasteiger partial charge in [-0.25, -0.2) is 9.97 Å². The Morgan fingerprint density at radius 2 is 1.83 bits per heavy atom. The third-order valence-electron chi connectivity index (χ3n) is 4.44. The van der Waals surface area contributed by atoms with Crippen molar-refractivity contribution in [3.05, 3.63) is 41.7 Å². The van der Waals surface area contributed by atoms with Gasteiger partial charge in [-0.2, -0.15) is 0 Å². The lowest BCUT2D eigenvalue weighted by Crippen LogP contribution is -2.46. The Bertz CT molecular complexity index is 662. The highest BCUT2D eigenvalue weighted by atomic mass is 15.3. The fourth-order valence-corrected chi connectivity index (χ4v) is 2.97. The first-order chi connectivity index (χ1) is 11.2. The predicted molar refractivity (Wildman–Crippen MR) is 95.6 cm³/mol. The maximum atomic E-state index is 4.45. The maximum Gasteiger partial charge on any atom is 0.135 e. The minimum Gasteiger partial charge on any atom is -0.354 e. The lowest BCUT2D eigenvalue weighted by Gasteiger charge is -2.34. The van der Waals surface area contributed by atoms with Gasteiger partial charge in [0.2, 0.25) is 0 Å². The summed E-state index contributed by atoms with van der Waals surface area (Å²) in [4.78, 5) is 13.6.